The van der Waals surface area contributed by atoms with Gasteiger partial charge in [-0.1, -0.05) is 12.1 Å². The van der Waals surface area contributed by atoms with Gasteiger partial charge >= 0.3 is 0 Å². The van der Waals surface area contributed by atoms with Crippen molar-refractivity contribution in [2.45, 2.75) is 0 Å². The van der Waals surface area contributed by atoms with Crippen LogP contribution in [0.15, 0.2) is 47.4 Å². The van der Waals surface area contributed by atoms with Gasteiger partial charge in [-0.3, -0.25) is 4.79 Å². The van der Waals surface area contributed by atoms with Gasteiger partial charge in [0.15, 0.2) is 0 Å². The van der Waals surface area contributed by atoms with Crippen LogP contribution in [0.2, 0.25) is 0 Å². The first-order valence-electron chi connectivity index (χ1n) is 5.53. The fourth-order valence-corrected chi connectivity index (χ4v) is 2.95. The molecular weight excluding hydrogens is 246 g/mol. The van der Waals surface area contributed by atoms with Gasteiger partial charge < -0.3 is 9.72 Å². The molecule has 0 aliphatic rings. The smallest absolute Gasteiger partial charge is 0.256 e. The van der Waals surface area contributed by atoms with Gasteiger partial charge in [-0.05, 0) is 29.8 Å². The van der Waals surface area contributed by atoms with Crippen molar-refractivity contribution in [1.82, 2.24) is 4.98 Å². The lowest BCUT2D eigenvalue weighted by atomic mass is 10.1. The first kappa shape index (κ1) is 11.0. The van der Waals surface area contributed by atoms with E-state index in [1.54, 1.807) is 24.6 Å². The summed E-state index contributed by atoms with van der Waals surface area (Å²) in [6.45, 7) is 0. The Hall–Kier alpha value is -2.07. The molecule has 4 heteroatoms. The van der Waals surface area contributed by atoms with Gasteiger partial charge in [0.25, 0.3) is 5.56 Å². The Balaban J connectivity index is 2.19. The molecule has 0 spiro atoms. The maximum atomic E-state index is 11.7. The molecule has 0 saturated carbocycles. The minimum absolute atomic E-state index is 0.0436. The Kier molecular flexibility index (Phi) is 2.64. The number of ether oxygens (including phenoxy) is 1. The fourth-order valence-electron chi connectivity index (χ4n) is 1.90. The van der Waals surface area contributed by atoms with E-state index in [9.17, 15) is 4.79 Å². The highest BCUT2D eigenvalue weighted by atomic mass is 32.1. The van der Waals surface area contributed by atoms with E-state index in [1.165, 1.54) is 0 Å². The molecule has 3 nitrogen and oxygen atoms in total. The van der Waals surface area contributed by atoms with Crippen molar-refractivity contribution in [2.24, 2.45) is 0 Å². The number of rotatable bonds is 2. The Labute approximate surface area is 108 Å². The molecule has 3 rings (SSSR count). The second-order valence-corrected chi connectivity index (χ2v) is 5.01. The zero-order valence-electron chi connectivity index (χ0n) is 9.77. The third-order valence-corrected chi connectivity index (χ3v) is 3.96. The number of aromatic amines is 1. The Morgan fingerprint density at radius 3 is 2.89 bits per heavy atom. The molecule has 0 amide bonds. The number of hydrogen-bond donors (Lipinski definition) is 1. The van der Waals surface area contributed by atoms with Gasteiger partial charge in [0.1, 0.15) is 5.75 Å². The number of benzene rings is 1. The van der Waals surface area contributed by atoms with E-state index >= 15 is 0 Å². The Bertz CT molecular complexity index is 758. The number of fused-ring (bicyclic) bond motifs is 1. The van der Waals surface area contributed by atoms with Crippen LogP contribution < -0.4 is 10.3 Å². The summed E-state index contributed by atoms with van der Waals surface area (Å²) in [5.74, 6) is 0.818. The van der Waals surface area contributed by atoms with Crippen molar-refractivity contribution >= 4 is 21.4 Å². The molecule has 18 heavy (non-hydrogen) atoms. The molecule has 0 aliphatic carbocycles. The van der Waals surface area contributed by atoms with Crippen LogP contribution in [-0.4, -0.2) is 12.1 Å². The zero-order chi connectivity index (χ0) is 12.5. The van der Waals surface area contributed by atoms with Gasteiger partial charge in [-0.15, -0.1) is 11.3 Å². The van der Waals surface area contributed by atoms with Crippen molar-refractivity contribution in [1.29, 1.82) is 0 Å². The monoisotopic (exact) mass is 257 g/mol. The summed E-state index contributed by atoms with van der Waals surface area (Å²) < 4.78 is 6.21. The summed E-state index contributed by atoms with van der Waals surface area (Å²) in [5, 5.41) is 0.736. The summed E-state index contributed by atoms with van der Waals surface area (Å²) >= 11 is 1.61. The zero-order valence-corrected chi connectivity index (χ0v) is 10.6. The van der Waals surface area contributed by atoms with E-state index in [2.05, 4.69) is 4.98 Å². The molecule has 90 valence electrons. The number of hydrogen-bond acceptors (Lipinski definition) is 3. The molecular formula is C14H11NO2S. The Morgan fingerprint density at radius 2 is 2.11 bits per heavy atom. The van der Waals surface area contributed by atoms with E-state index in [0.29, 0.717) is 0 Å². The van der Waals surface area contributed by atoms with Crippen LogP contribution >= 0.6 is 11.3 Å². The number of aromatic nitrogens is 1. The van der Waals surface area contributed by atoms with Crippen molar-refractivity contribution in [3.63, 3.8) is 0 Å². The third-order valence-electron chi connectivity index (χ3n) is 2.81. The molecule has 0 bridgehead atoms. The molecule has 1 N–H and O–H groups in total. The molecule has 2 heterocycles. The van der Waals surface area contributed by atoms with Crippen molar-refractivity contribution in [2.75, 3.05) is 7.11 Å². The predicted octanol–water partition coefficient (Wildman–Crippen LogP) is 3.27. The minimum Gasteiger partial charge on any atom is -0.497 e. The summed E-state index contributed by atoms with van der Waals surface area (Å²) in [4.78, 5) is 15.4. The third kappa shape index (κ3) is 1.80. The standard InChI is InChI=1S/C14H11NO2S/c1-17-10-4-2-3-9(7-10)13-8-11-12(18-13)5-6-15-14(11)16/h2-8H,1H3,(H,15,16). The van der Waals surface area contributed by atoms with Crippen LogP contribution in [0.1, 0.15) is 0 Å². The van der Waals surface area contributed by atoms with Gasteiger partial charge in [0, 0.05) is 15.8 Å². The van der Waals surface area contributed by atoms with Gasteiger partial charge in [-0.25, -0.2) is 0 Å². The van der Waals surface area contributed by atoms with E-state index in [-0.39, 0.29) is 5.56 Å². The van der Waals surface area contributed by atoms with Gasteiger partial charge in [0.2, 0.25) is 0 Å². The second-order valence-electron chi connectivity index (χ2n) is 3.93. The quantitative estimate of drug-likeness (QED) is 0.765. The van der Waals surface area contributed by atoms with E-state index in [1.807, 2.05) is 36.4 Å². The summed E-state index contributed by atoms with van der Waals surface area (Å²) in [6, 6.07) is 11.7. The number of methoxy groups -OCH3 is 1. The van der Waals surface area contributed by atoms with E-state index in [0.717, 1.165) is 26.3 Å². The highest BCUT2D eigenvalue weighted by Gasteiger charge is 2.07. The van der Waals surface area contributed by atoms with Crippen LogP contribution in [0.5, 0.6) is 5.75 Å². The van der Waals surface area contributed by atoms with Crippen molar-refractivity contribution < 1.29 is 4.74 Å². The molecule has 0 aliphatic heterocycles. The van der Waals surface area contributed by atoms with Gasteiger partial charge in [-0.2, -0.15) is 0 Å². The molecule has 0 atom stereocenters. The maximum absolute atomic E-state index is 11.7. The summed E-state index contributed by atoms with van der Waals surface area (Å²) in [7, 11) is 1.65. The maximum Gasteiger partial charge on any atom is 0.256 e. The Morgan fingerprint density at radius 1 is 1.22 bits per heavy atom. The van der Waals surface area contributed by atoms with E-state index < -0.39 is 0 Å². The fraction of sp³-hybridized carbons (Fsp3) is 0.0714. The summed E-state index contributed by atoms with van der Waals surface area (Å²) in [5.41, 5.74) is 1.02. The largest absolute Gasteiger partial charge is 0.497 e. The van der Waals surface area contributed by atoms with Crippen LogP contribution in [0.25, 0.3) is 20.5 Å². The van der Waals surface area contributed by atoms with E-state index in [4.69, 9.17) is 4.74 Å². The molecule has 0 unspecified atom stereocenters. The number of H-pyrrole nitrogens is 1. The lowest BCUT2D eigenvalue weighted by Crippen LogP contribution is -2.01. The number of thiophene rings is 1. The summed E-state index contributed by atoms with van der Waals surface area (Å²) in [6.07, 6.45) is 1.68. The second kappa shape index (κ2) is 4.31. The van der Waals surface area contributed by atoms with Gasteiger partial charge in [0.05, 0.1) is 12.5 Å². The van der Waals surface area contributed by atoms with Crippen LogP contribution in [-0.2, 0) is 0 Å². The molecule has 0 fully saturated rings. The predicted molar refractivity (Wildman–Crippen MR) is 74.4 cm³/mol. The average Bonchev–Trinajstić information content (AvgIpc) is 2.84. The minimum atomic E-state index is -0.0436. The van der Waals surface area contributed by atoms with Crippen LogP contribution in [0.4, 0.5) is 0 Å². The highest BCUT2D eigenvalue weighted by molar-refractivity contribution is 7.22. The normalized spacial score (nSPS) is 10.7. The van der Waals surface area contributed by atoms with Crippen LogP contribution in [0, 0.1) is 0 Å². The molecule has 3 aromatic rings. The average molecular weight is 257 g/mol. The molecule has 0 radical (unpaired) electrons. The first-order valence-corrected chi connectivity index (χ1v) is 6.35. The number of nitrogens with one attached hydrogen (secondary N) is 1. The number of pyridine rings is 1. The molecule has 1 aromatic carbocycles. The SMILES string of the molecule is COc1cccc(-c2cc3c(=O)[nH]ccc3s2)c1. The first-order chi connectivity index (χ1) is 8.78. The molecule has 0 saturated heterocycles. The van der Waals surface area contributed by atoms with Crippen molar-refractivity contribution in [3.05, 3.63) is 52.9 Å². The lowest BCUT2D eigenvalue weighted by Gasteiger charge is -2.01. The molecule has 2 aromatic heterocycles. The van der Waals surface area contributed by atoms with Crippen molar-refractivity contribution in [3.8, 4) is 16.2 Å². The van der Waals surface area contributed by atoms with Crippen LogP contribution in [0.3, 0.4) is 0 Å². The highest BCUT2D eigenvalue weighted by Crippen LogP contribution is 2.33. The lowest BCUT2D eigenvalue weighted by molar-refractivity contribution is 0.415. The topological polar surface area (TPSA) is 42.1 Å².